The van der Waals surface area contributed by atoms with Crippen LogP contribution in [0.1, 0.15) is 11.4 Å². The summed E-state index contributed by atoms with van der Waals surface area (Å²) in [5.74, 6) is 0.241. The Balaban J connectivity index is 1.70. The van der Waals surface area contributed by atoms with Gasteiger partial charge in [0.1, 0.15) is 23.1 Å². The molecule has 1 aliphatic heterocycles. The van der Waals surface area contributed by atoms with E-state index >= 15 is 0 Å². The van der Waals surface area contributed by atoms with Crippen LogP contribution in [0.15, 0.2) is 18.2 Å². The van der Waals surface area contributed by atoms with Gasteiger partial charge in [-0.2, -0.15) is 0 Å². The van der Waals surface area contributed by atoms with Crippen molar-refractivity contribution >= 4 is 34.0 Å². The number of nitrogens with one attached hydrogen (secondary N) is 1. The summed E-state index contributed by atoms with van der Waals surface area (Å²) < 4.78 is 15.5. The van der Waals surface area contributed by atoms with Gasteiger partial charge in [-0.05, 0) is 12.1 Å². The quantitative estimate of drug-likeness (QED) is 0.765. The minimum atomic E-state index is -0.487. The smallest absolute Gasteiger partial charge is 0.231 e. The Bertz CT molecular complexity index is 840. The zero-order valence-corrected chi connectivity index (χ0v) is 16.0. The second-order valence-corrected chi connectivity index (χ2v) is 6.93. The lowest BCUT2D eigenvalue weighted by Crippen LogP contribution is -2.28. The lowest BCUT2D eigenvalue weighted by atomic mass is 10.1. The van der Waals surface area contributed by atoms with Crippen molar-refractivity contribution in [3.8, 4) is 11.5 Å². The van der Waals surface area contributed by atoms with Crippen LogP contribution in [0.3, 0.4) is 0 Å². The molecule has 9 nitrogen and oxygen atoms in total. The van der Waals surface area contributed by atoms with Gasteiger partial charge in [-0.3, -0.25) is 9.59 Å². The molecular formula is C17H20N4O5S. The second-order valence-electron chi connectivity index (χ2n) is 5.87. The summed E-state index contributed by atoms with van der Waals surface area (Å²) in [6.45, 7) is 0.595. The molecule has 144 valence electrons. The third kappa shape index (κ3) is 4.17. The minimum Gasteiger partial charge on any atom is -0.497 e. The van der Waals surface area contributed by atoms with Gasteiger partial charge in [0.2, 0.25) is 16.9 Å². The monoisotopic (exact) mass is 392 g/mol. The molecule has 1 aromatic heterocycles. The summed E-state index contributed by atoms with van der Waals surface area (Å²) in [7, 11) is 4.64. The highest BCUT2D eigenvalue weighted by Crippen LogP contribution is 2.36. The van der Waals surface area contributed by atoms with Gasteiger partial charge in [-0.1, -0.05) is 11.3 Å². The van der Waals surface area contributed by atoms with Crippen molar-refractivity contribution in [3.05, 3.63) is 23.2 Å². The fraction of sp³-hybridized carbons (Fsp3) is 0.412. The van der Waals surface area contributed by atoms with Crippen molar-refractivity contribution in [1.82, 2.24) is 10.2 Å². The van der Waals surface area contributed by atoms with Gasteiger partial charge in [0.25, 0.3) is 0 Å². The van der Waals surface area contributed by atoms with E-state index in [2.05, 4.69) is 15.5 Å². The number of aromatic nitrogens is 2. The van der Waals surface area contributed by atoms with Gasteiger partial charge in [0, 0.05) is 26.1 Å². The maximum Gasteiger partial charge on any atom is 0.231 e. The van der Waals surface area contributed by atoms with Crippen LogP contribution in [0.4, 0.5) is 10.8 Å². The molecule has 0 bridgehead atoms. The molecule has 1 saturated heterocycles. The Morgan fingerprint density at radius 1 is 1.30 bits per heavy atom. The molecule has 0 spiro atoms. The van der Waals surface area contributed by atoms with Crippen molar-refractivity contribution < 1.29 is 23.8 Å². The van der Waals surface area contributed by atoms with Crippen molar-refractivity contribution in [3.63, 3.8) is 0 Å². The van der Waals surface area contributed by atoms with Crippen molar-refractivity contribution in [2.45, 2.75) is 13.0 Å². The Morgan fingerprint density at radius 3 is 2.81 bits per heavy atom. The Hall–Kier alpha value is -2.72. The molecule has 1 aromatic carbocycles. The topological polar surface area (TPSA) is 103 Å². The summed E-state index contributed by atoms with van der Waals surface area (Å²) in [6.07, 6.45) is 0.116. The van der Waals surface area contributed by atoms with E-state index in [1.165, 1.54) is 18.4 Å². The Labute approximate surface area is 160 Å². The van der Waals surface area contributed by atoms with E-state index in [1.807, 2.05) is 0 Å². The van der Waals surface area contributed by atoms with E-state index < -0.39 is 5.92 Å². The maximum absolute atomic E-state index is 12.5. The molecule has 2 amide bonds. The number of ether oxygens (including phenoxy) is 3. The third-order valence-corrected chi connectivity index (χ3v) is 4.95. The number of methoxy groups -OCH3 is 3. The van der Waals surface area contributed by atoms with Gasteiger partial charge in [-0.25, -0.2) is 0 Å². The number of benzene rings is 1. The molecule has 1 N–H and O–H groups in total. The first-order valence-electron chi connectivity index (χ1n) is 8.20. The number of nitrogens with zero attached hydrogens (tertiary/aromatic N) is 3. The molecule has 0 saturated carbocycles. The fourth-order valence-corrected chi connectivity index (χ4v) is 3.53. The number of hydrogen-bond acceptors (Lipinski definition) is 8. The van der Waals surface area contributed by atoms with E-state index in [-0.39, 0.29) is 24.8 Å². The zero-order chi connectivity index (χ0) is 19.4. The van der Waals surface area contributed by atoms with E-state index in [4.69, 9.17) is 14.2 Å². The van der Waals surface area contributed by atoms with E-state index in [9.17, 15) is 9.59 Å². The first-order valence-corrected chi connectivity index (χ1v) is 9.02. The molecule has 0 radical (unpaired) electrons. The van der Waals surface area contributed by atoms with Gasteiger partial charge in [0.15, 0.2) is 0 Å². The summed E-state index contributed by atoms with van der Waals surface area (Å²) >= 11 is 1.24. The fourth-order valence-electron chi connectivity index (χ4n) is 2.82. The summed E-state index contributed by atoms with van der Waals surface area (Å²) in [5.41, 5.74) is 0.608. The van der Waals surface area contributed by atoms with Crippen LogP contribution >= 0.6 is 11.3 Å². The summed E-state index contributed by atoms with van der Waals surface area (Å²) in [6, 6.07) is 5.20. The first-order chi connectivity index (χ1) is 13.0. The largest absolute Gasteiger partial charge is 0.497 e. The molecule has 2 aromatic rings. The average molecular weight is 392 g/mol. The lowest BCUT2D eigenvalue weighted by molar-refractivity contribution is -0.122. The van der Waals surface area contributed by atoms with E-state index in [0.717, 1.165) is 0 Å². The maximum atomic E-state index is 12.5. The van der Waals surface area contributed by atoms with E-state index in [0.29, 0.717) is 33.9 Å². The predicted molar refractivity (Wildman–Crippen MR) is 99.3 cm³/mol. The predicted octanol–water partition coefficient (Wildman–Crippen LogP) is 1.69. The van der Waals surface area contributed by atoms with Crippen LogP contribution in [0.25, 0.3) is 0 Å². The van der Waals surface area contributed by atoms with Gasteiger partial charge >= 0.3 is 0 Å². The number of anilines is 2. The molecule has 3 rings (SSSR count). The van der Waals surface area contributed by atoms with E-state index in [1.54, 1.807) is 37.3 Å². The highest BCUT2D eigenvalue weighted by atomic mass is 32.1. The molecule has 1 aliphatic rings. The standard InChI is InChI=1S/C17H20N4O5S/c1-24-9-14-19-20-17(27-14)18-16(23)10-6-15(22)21(8-10)12-5-4-11(25-2)7-13(12)26-3/h4-5,7,10H,6,8-9H2,1-3H3,(H,18,20,23). The van der Waals surface area contributed by atoms with Gasteiger partial charge < -0.3 is 24.4 Å². The van der Waals surface area contributed by atoms with Crippen molar-refractivity contribution in [2.24, 2.45) is 5.92 Å². The van der Waals surface area contributed by atoms with Gasteiger partial charge in [0.05, 0.1) is 25.8 Å². The highest BCUT2D eigenvalue weighted by Gasteiger charge is 2.36. The first kappa shape index (κ1) is 19.1. The molecule has 2 heterocycles. The highest BCUT2D eigenvalue weighted by molar-refractivity contribution is 7.15. The SMILES string of the molecule is COCc1nnc(NC(=O)C2CC(=O)N(c3ccc(OC)cc3OC)C2)s1. The lowest BCUT2D eigenvalue weighted by Gasteiger charge is -2.20. The number of amides is 2. The average Bonchev–Trinajstić information content (AvgIpc) is 3.28. The zero-order valence-electron chi connectivity index (χ0n) is 15.2. The Morgan fingerprint density at radius 2 is 2.11 bits per heavy atom. The molecule has 1 fully saturated rings. The molecule has 27 heavy (non-hydrogen) atoms. The summed E-state index contributed by atoms with van der Waals surface area (Å²) in [5, 5.41) is 11.6. The Kier molecular flexibility index (Phi) is 5.87. The normalized spacial score (nSPS) is 16.5. The third-order valence-electron chi connectivity index (χ3n) is 4.14. The van der Waals surface area contributed by atoms with Gasteiger partial charge in [-0.15, -0.1) is 10.2 Å². The van der Waals surface area contributed by atoms with Crippen LogP contribution < -0.4 is 19.7 Å². The molecule has 1 unspecified atom stereocenters. The molecular weight excluding hydrogens is 372 g/mol. The van der Waals surface area contributed by atoms with Crippen LogP contribution in [0, 0.1) is 5.92 Å². The number of hydrogen-bond donors (Lipinski definition) is 1. The molecule has 0 aliphatic carbocycles. The second kappa shape index (κ2) is 8.31. The van der Waals surface area contributed by atoms with Crippen LogP contribution in [0.5, 0.6) is 11.5 Å². The molecule has 1 atom stereocenters. The summed E-state index contributed by atoms with van der Waals surface area (Å²) in [4.78, 5) is 26.6. The molecule has 10 heteroatoms. The number of rotatable bonds is 7. The minimum absolute atomic E-state index is 0.116. The number of carbonyl (C=O) groups excluding carboxylic acids is 2. The van der Waals surface area contributed by atoms with Crippen molar-refractivity contribution in [1.29, 1.82) is 0 Å². The van der Waals surface area contributed by atoms with Crippen LogP contribution in [-0.4, -0.2) is 49.9 Å². The number of carbonyl (C=O) groups is 2. The van der Waals surface area contributed by atoms with Crippen LogP contribution in [-0.2, 0) is 20.9 Å². The van der Waals surface area contributed by atoms with Crippen LogP contribution in [0.2, 0.25) is 0 Å². The van der Waals surface area contributed by atoms with Crippen molar-refractivity contribution in [2.75, 3.05) is 38.1 Å².